The highest BCUT2D eigenvalue weighted by Gasteiger charge is 2.24. The van der Waals surface area contributed by atoms with E-state index in [0.717, 1.165) is 57.8 Å². The van der Waals surface area contributed by atoms with Crippen LogP contribution in [-0.2, 0) is 9.53 Å². The van der Waals surface area contributed by atoms with Crippen molar-refractivity contribution >= 4 is 23.7 Å². The van der Waals surface area contributed by atoms with Gasteiger partial charge in [0.2, 0.25) is 0 Å². The number of aliphatic imine (C=N–C) groups is 1. The van der Waals surface area contributed by atoms with E-state index in [1.54, 1.807) is 0 Å². The smallest absolute Gasteiger partial charge is 0.305 e. The van der Waals surface area contributed by atoms with E-state index >= 15 is 0 Å². The number of methoxy groups -OCH3 is 1. The Morgan fingerprint density at radius 3 is 2.75 bits per heavy atom. The van der Waals surface area contributed by atoms with Crippen LogP contribution in [0.4, 0.5) is 0 Å². The number of ether oxygens (including phenoxy) is 1. The molecule has 1 rings (SSSR count). The first-order chi connectivity index (χ1) is 11.6. The Morgan fingerprint density at radius 2 is 2.08 bits per heavy atom. The Hall–Kier alpha value is -0.910. The molecule has 1 fully saturated rings. The summed E-state index contributed by atoms with van der Waals surface area (Å²) in [6, 6.07) is 0. The second kappa shape index (κ2) is 12.5. The summed E-state index contributed by atoms with van der Waals surface area (Å²) in [5.74, 6) is 2.85. The average molecular weight is 358 g/mol. The number of nitrogens with zero attached hydrogens (tertiary/aromatic N) is 2. The van der Waals surface area contributed by atoms with Crippen LogP contribution in [0.1, 0.15) is 52.9 Å². The van der Waals surface area contributed by atoms with Crippen molar-refractivity contribution in [2.24, 2.45) is 10.9 Å². The van der Waals surface area contributed by atoms with Crippen molar-refractivity contribution in [3.63, 3.8) is 0 Å². The second-order valence-corrected chi connectivity index (χ2v) is 7.92. The second-order valence-electron chi connectivity index (χ2n) is 6.58. The standard InChI is InChI=1S/C18H35N3O2S/c1-5-19-18(21-12-13-24-16(14-21)15(2)3)20-11-9-7-6-8-10-17(22)23-4/h15-16H,5-14H2,1-4H3,(H,19,20). The topological polar surface area (TPSA) is 53.9 Å². The molecule has 0 bridgehead atoms. The first-order valence-electron chi connectivity index (χ1n) is 9.30. The molecule has 1 atom stereocenters. The molecule has 0 spiro atoms. The van der Waals surface area contributed by atoms with Gasteiger partial charge in [-0.15, -0.1) is 0 Å². The lowest BCUT2D eigenvalue weighted by Crippen LogP contribution is -2.49. The molecule has 140 valence electrons. The quantitative estimate of drug-likeness (QED) is 0.297. The average Bonchev–Trinajstić information content (AvgIpc) is 2.59. The van der Waals surface area contributed by atoms with Gasteiger partial charge < -0.3 is 15.0 Å². The fraction of sp³-hybridized carbons (Fsp3) is 0.889. The number of unbranched alkanes of at least 4 members (excludes halogenated alkanes) is 3. The molecule has 1 saturated heterocycles. The van der Waals surface area contributed by atoms with Gasteiger partial charge in [0.1, 0.15) is 0 Å². The van der Waals surface area contributed by atoms with Crippen LogP contribution in [-0.4, -0.2) is 61.1 Å². The van der Waals surface area contributed by atoms with Gasteiger partial charge in [-0.2, -0.15) is 11.8 Å². The molecule has 1 aliphatic rings. The van der Waals surface area contributed by atoms with Gasteiger partial charge in [-0.3, -0.25) is 9.79 Å². The number of nitrogens with one attached hydrogen (secondary N) is 1. The molecule has 0 radical (unpaired) electrons. The molecule has 0 aromatic rings. The van der Waals surface area contributed by atoms with Crippen LogP contribution in [0.25, 0.3) is 0 Å². The molecule has 1 aliphatic heterocycles. The molecular formula is C18H35N3O2S. The number of rotatable bonds is 9. The molecule has 1 N–H and O–H groups in total. The van der Waals surface area contributed by atoms with E-state index in [4.69, 9.17) is 4.99 Å². The van der Waals surface area contributed by atoms with Crippen molar-refractivity contribution in [1.82, 2.24) is 10.2 Å². The molecule has 1 unspecified atom stereocenters. The highest BCUT2D eigenvalue weighted by molar-refractivity contribution is 8.00. The van der Waals surface area contributed by atoms with Crippen molar-refractivity contribution in [3.05, 3.63) is 0 Å². The lowest BCUT2D eigenvalue weighted by molar-refractivity contribution is -0.140. The van der Waals surface area contributed by atoms with Gasteiger partial charge in [0.05, 0.1) is 7.11 Å². The van der Waals surface area contributed by atoms with Gasteiger partial charge >= 0.3 is 5.97 Å². The maximum atomic E-state index is 11.1. The summed E-state index contributed by atoms with van der Waals surface area (Å²) in [5.41, 5.74) is 0. The number of thioether (sulfide) groups is 1. The lowest BCUT2D eigenvalue weighted by Gasteiger charge is -2.36. The molecule has 0 aliphatic carbocycles. The third kappa shape index (κ3) is 8.27. The maximum Gasteiger partial charge on any atom is 0.305 e. The SMILES string of the molecule is CCNC(=NCCCCCCC(=O)OC)N1CCSC(C(C)C)C1. The molecule has 0 aromatic heterocycles. The van der Waals surface area contributed by atoms with E-state index in [9.17, 15) is 4.79 Å². The molecule has 0 saturated carbocycles. The largest absolute Gasteiger partial charge is 0.469 e. The van der Waals surface area contributed by atoms with Gasteiger partial charge in [-0.1, -0.05) is 26.7 Å². The van der Waals surface area contributed by atoms with Crippen LogP contribution in [0.5, 0.6) is 0 Å². The molecule has 6 heteroatoms. The molecule has 5 nitrogen and oxygen atoms in total. The Bertz CT molecular complexity index is 388. The van der Waals surface area contributed by atoms with Crippen molar-refractivity contribution in [1.29, 1.82) is 0 Å². The van der Waals surface area contributed by atoms with Crippen LogP contribution in [0, 0.1) is 5.92 Å². The van der Waals surface area contributed by atoms with Crippen molar-refractivity contribution in [2.75, 3.05) is 39.0 Å². The van der Waals surface area contributed by atoms with Crippen LogP contribution < -0.4 is 5.32 Å². The summed E-state index contributed by atoms with van der Waals surface area (Å²) in [7, 11) is 1.45. The number of carbonyl (C=O) groups excluding carboxylic acids is 1. The van der Waals surface area contributed by atoms with Crippen molar-refractivity contribution < 1.29 is 9.53 Å². The molecule has 0 aromatic carbocycles. The summed E-state index contributed by atoms with van der Waals surface area (Å²) in [6.45, 7) is 10.7. The van der Waals surface area contributed by atoms with E-state index < -0.39 is 0 Å². The minimum Gasteiger partial charge on any atom is -0.469 e. The summed E-state index contributed by atoms with van der Waals surface area (Å²) >= 11 is 2.09. The minimum absolute atomic E-state index is 0.106. The van der Waals surface area contributed by atoms with Gasteiger partial charge in [0, 0.05) is 43.6 Å². The van der Waals surface area contributed by atoms with Gasteiger partial charge in [0.25, 0.3) is 0 Å². The molecule has 1 heterocycles. The fourth-order valence-corrected chi connectivity index (χ4v) is 4.02. The third-order valence-corrected chi connectivity index (χ3v) is 5.79. The normalized spacial score (nSPS) is 18.8. The maximum absolute atomic E-state index is 11.1. The molecule has 24 heavy (non-hydrogen) atoms. The van der Waals surface area contributed by atoms with Crippen LogP contribution in [0.2, 0.25) is 0 Å². The first kappa shape index (κ1) is 21.1. The molecular weight excluding hydrogens is 322 g/mol. The monoisotopic (exact) mass is 357 g/mol. The number of hydrogen-bond acceptors (Lipinski definition) is 4. The Labute approximate surface area is 152 Å². The third-order valence-electron chi connectivity index (χ3n) is 4.25. The van der Waals surface area contributed by atoms with Crippen molar-refractivity contribution in [3.8, 4) is 0 Å². The van der Waals surface area contributed by atoms with Crippen LogP contribution >= 0.6 is 11.8 Å². The lowest BCUT2D eigenvalue weighted by atomic mass is 10.1. The zero-order valence-corrected chi connectivity index (χ0v) is 16.7. The Kier molecular flexibility index (Phi) is 11.0. The highest BCUT2D eigenvalue weighted by atomic mass is 32.2. The zero-order chi connectivity index (χ0) is 17.8. The van der Waals surface area contributed by atoms with Crippen molar-refractivity contribution in [2.45, 2.75) is 58.1 Å². The predicted molar refractivity (Wildman–Crippen MR) is 104 cm³/mol. The van der Waals surface area contributed by atoms with Gasteiger partial charge in [0.15, 0.2) is 5.96 Å². The summed E-state index contributed by atoms with van der Waals surface area (Å²) in [4.78, 5) is 18.3. The summed E-state index contributed by atoms with van der Waals surface area (Å²) in [6.07, 6.45) is 4.70. The zero-order valence-electron chi connectivity index (χ0n) is 15.8. The van der Waals surface area contributed by atoms with Gasteiger partial charge in [-0.25, -0.2) is 0 Å². The molecule has 0 amide bonds. The van der Waals surface area contributed by atoms with E-state index in [2.05, 4.69) is 47.5 Å². The van der Waals surface area contributed by atoms with E-state index in [-0.39, 0.29) is 5.97 Å². The number of esters is 1. The van der Waals surface area contributed by atoms with E-state index in [0.29, 0.717) is 17.6 Å². The highest BCUT2D eigenvalue weighted by Crippen LogP contribution is 2.24. The Balaban J connectivity index is 2.33. The summed E-state index contributed by atoms with van der Waals surface area (Å²) in [5, 5.41) is 4.14. The number of guanidine groups is 1. The number of hydrogen-bond donors (Lipinski definition) is 1. The first-order valence-corrected chi connectivity index (χ1v) is 10.3. The predicted octanol–water partition coefficient (Wildman–Crippen LogP) is 3.15. The van der Waals surface area contributed by atoms with E-state index in [1.165, 1.54) is 12.9 Å². The van der Waals surface area contributed by atoms with E-state index in [1.807, 2.05) is 0 Å². The fourth-order valence-electron chi connectivity index (χ4n) is 2.72. The number of carbonyl (C=O) groups is 1. The van der Waals surface area contributed by atoms with Gasteiger partial charge in [-0.05, 0) is 25.7 Å². The van der Waals surface area contributed by atoms with Crippen LogP contribution in [0.15, 0.2) is 4.99 Å². The minimum atomic E-state index is -0.106. The van der Waals surface area contributed by atoms with Crippen LogP contribution in [0.3, 0.4) is 0 Å². The summed E-state index contributed by atoms with van der Waals surface area (Å²) < 4.78 is 4.65. The Morgan fingerprint density at radius 1 is 1.33 bits per heavy atom.